The number of benzene rings is 2. The number of hydrogen-bond acceptors (Lipinski definition) is 4. The van der Waals surface area contributed by atoms with Crippen molar-refractivity contribution in [2.45, 2.75) is 25.4 Å². The number of rotatable bonds is 5. The summed E-state index contributed by atoms with van der Waals surface area (Å²) in [5.41, 5.74) is 5.66. The summed E-state index contributed by atoms with van der Waals surface area (Å²) < 4.78 is 43.6. The minimum absolute atomic E-state index is 0.0195. The maximum absolute atomic E-state index is 13.0. The van der Waals surface area contributed by atoms with E-state index in [1.54, 1.807) is 24.3 Å². The molecule has 0 aromatic heterocycles. The second-order valence-electron chi connectivity index (χ2n) is 5.90. The van der Waals surface area contributed by atoms with E-state index in [0.29, 0.717) is 11.1 Å². The van der Waals surface area contributed by atoms with Crippen molar-refractivity contribution in [3.8, 4) is 0 Å². The first-order valence-corrected chi connectivity index (χ1v) is 7.90. The Balaban J connectivity index is 2.38. The lowest BCUT2D eigenvalue weighted by molar-refractivity contribution is -0.159. The molecule has 0 aliphatic rings. The fourth-order valence-electron chi connectivity index (χ4n) is 2.54. The maximum Gasteiger partial charge on any atom is 0.416 e. The van der Waals surface area contributed by atoms with Gasteiger partial charge < -0.3 is 10.5 Å². The summed E-state index contributed by atoms with van der Waals surface area (Å²) in [6.45, 7) is 1.04. The third-order valence-electron chi connectivity index (χ3n) is 3.85. The van der Waals surface area contributed by atoms with Gasteiger partial charge in [0.2, 0.25) is 0 Å². The molecule has 27 heavy (non-hydrogen) atoms. The SMILES string of the molecule is CC(=O)OC(=O)C(Cc1ccc(C(=N)N)cc1)c1cccc(C(F)(F)F)c1. The molecule has 0 heterocycles. The Hall–Kier alpha value is -3.16. The van der Waals surface area contributed by atoms with Crippen LogP contribution in [0.25, 0.3) is 0 Å². The van der Waals surface area contributed by atoms with Crippen LogP contribution in [-0.4, -0.2) is 17.8 Å². The Morgan fingerprint density at radius 3 is 2.30 bits per heavy atom. The van der Waals surface area contributed by atoms with Gasteiger partial charge in [0.25, 0.3) is 0 Å². The largest absolute Gasteiger partial charge is 0.416 e. The van der Waals surface area contributed by atoms with Gasteiger partial charge in [-0.2, -0.15) is 13.2 Å². The number of hydrogen-bond donors (Lipinski definition) is 2. The third kappa shape index (κ3) is 5.40. The van der Waals surface area contributed by atoms with Gasteiger partial charge in [-0.25, -0.2) is 0 Å². The van der Waals surface area contributed by atoms with E-state index >= 15 is 0 Å². The number of nitrogens with two attached hydrogens (primary N) is 1. The van der Waals surface area contributed by atoms with Crippen LogP contribution in [-0.2, 0) is 26.9 Å². The average Bonchev–Trinajstić information content (AvgIpc) is 2.58. The summed E-state index contributed by atoms with van der Waals surface area (Å²) in [6, 6.07) is 10.7. The first-order valence-electron chi connectivity index (χ1n) is 7.90. The quantitative estimate of drug-likeness (QED) is 0.361. The van der Waals surface area contributed by atoms with E-state index in [4.69, 9.17) is 11.1 Å². The summed E-state index contributed by atoms with van der Waals surface area (Å²) in [6.07, 6.45) is -4.54. The van der Waals surface area contributed by atoms with Crippen molar-refractivity contribution in [3.05, 3.63) is 70.8 Å². The number of carbonyl (C=O) groups is 2. The molecule has 0 spiro atoms. The monoisotopic (exact) mass is 378 g/mol. The lowest BCUT2D eigenvalue weighted by Gasteiger charge is -2.17. The highest BCUT2D eigenvalue weighted by atomic mass is 19.4. The van der Waals surface area contributed by atoms with Crippen LogP contribution in [0, 0.1) is 5.41 Å². The second-order valence-corrected chi connectivity index (χ2v) is 5.90. The minimum Gasteiger partial charge on any atom is -0.393 e. The molecular formula is C19H17F3N2O3. The van der Waals surface area contributed by atoms with Crippen LogP contribution >= 0.6 is 0 Å². The molecular weight excluding hydrogens is 361 g/mol. The molecule has 0 amide bonds. The zero-order chi connectivity index (χ0) is 20.2. The minimum atomic E-state index is -4.56. The number of alkyl halides is 3. The molecule has 5 nitrogen and oxygen atoms in total. The van der Waals surface area contributed by atoms with Crippen molar-refractivity contribution in [1.82, 2.24) is 0 Å². The summed E-state index contributed by atoms with van der Waals surface area (Å²) in [4.78, 5) is 23.4. The Morgan fingerprint density at radius 2 is 1.78 bits per heavy atom. The van der Waals surface area contributed by atoms with E-state index in [0.717, 1.165) is 19.1 Å². The van der Waals surface area contributed by atoms with Crippen molar-refractivity contribution >= 4 is 17.8 Å². The van der Waals surface area contributed by atoms with Crippen molar-refractivity contribution in [3.63, 3.8) is 0 Å². The highest BCUT2D eigenvalue weighted by Gasteiger charge is 2.32. The average molecular weight is 378 g/mol. The lowest BCUT2D eigenvalue weighted by atomic mass is 9.90. The number of nitrogens with one attached hydrogen (secondary N) is 1. The van der Waals surface area contributed by atoms with E-state index < -0.39 is 29.6 Å². The standard InChI is InChI=1S/C19H17F3N2O3/c1-11(25)27-18(26)16(9-12-5-7-13(8-6-12)17(23)24)14-3-2-4-15(10-14)19(20,21)22/h2-8,10,16H,9H2,1H3,(H3,23,24). The molecule has 0 bridgehead atoms. The number of esters is 2. The number of ether oxygens (including phenoxy) is 1. The van der Waals surface area contributed by atoms with Crippen LogP contribution in [0.4, 0.5) is 13.2 Å². The Bertz CT molecular complexity index is 861. The summed E-state index contributed by atoms with van der Waals surface area (Å²) in [7, 11) is 0. The van der Waals surface area contributed by atoms with Gasteiger partial charge >= 0.3 is 18.1 Å². The summed E-state index contributed by atoms with van der Waals surface area (Å²) in [5, 5.41) is 7.37. The van der Waals surface area contributed by atoms with Gasteiger partial charge in [0.1, 0.15) is 5.84 Å². The van der Waals surface area contributed by atoms with Gasteiger partial charge in [0, 0.05) is 12.5 Å². The molecule has 1 atom stereocenters. The number of nitrogen functional groups attached to an aromatic ring is 1. The molecule has 2 aromatic carbocycles. The summed E-state index contributed by atoms with van der Waals surface area (Å²) >= 11 is 0. The Morgan fingerprint density at radius 1 is 1.15 bits per heavy atom. The van der Waals surface area contributed by atoms with Crippen LogP contribution in [0.15, 0.2) is 48.5 Å². The molecule has 0 saturated heterocycles. The Labute approximate surface area is 153 Å². The zero-order valence-electron chi connectivity index (χ0n) is 14.3. The molecule has 0 radical (unpaired) electrons. The molecule has 0 aliphatic heterocycles. The van der Waals surface area contributed by atoms with E-state index in [9.17, 15) is 22.8 Å². The first kappa shape index (κ1) is 20.2. The van der Waals surface area contributed by atoms with Crippen LogP contribution < -0.4 is 5.73 Å². The molecule has 2 rings (SSSR count). The molecule has 3 N–H and O–H groups in total. The van der Waals surface area contributed by atoms with Crippen LogP contribution in [0.5, 0.6) is 0 Å². The second kappa shape index (κ2) is 8.03. The first-order chi connectivity index (χ1) is 12.6. The number of carbonyl (C=O) groups excluding carboxylic acids is 2. The van der Waals surface area contributed by atoms with E-state index in [2.05, 4.69) is 4.74 Å². The Kier molecular flexibility index (Phi) is 5.99. The molecule has 1 unspecified atom stereocenters. The molecule has 0 saturated carbocycles. The lowest BCUT2D eigenvalue weighted by Crippen LogP contribution is -2.21. The van der Waals surface area contributed by atoms with E-state index in [1.807, 2.05) is 0 Å². The predicted octanol–water partition coefficient (Wildman–Crippen LogP) is 3.41. The van der Waals surface area contributed by atoms with Crippen molar-refractivity contribution in [2.75, 3.05) is 0 Å². The van der Waals surface area contributed by atoms with Gasteiger partial charge in [-0.05, 0) is 23.6 Å². The maximum atomic E-state index is 13.0. The van der Waals surface area contributed by atoms with Crippen LogP contribution in [0.2, 0.25) is 0 Å². The smallest absolute Gasteiger partial charge is 0.393 e. The van der Waals surface area contributed by atoms with Gasteiger partial charge in [-0.3, -0.25) is 15.0 Å². The van der Waals surface area contributed by atoms with Gasteiger partial charge in [0.05, 0.1) is 11.5 Å². The van der Waals surface area contributed by atoms with Crippen molar-refractivity contribution in [2.24, 2.45) is 5.73 Å². The highest BCUT2D eigenvalue weighted by Crippen LogP contribution is 2.32. The van der Waals surface area contributed by atoms with Gasteiger partial charge in [-0.1, -0.05) is 42.5 Å². The molecule has 0 fully saturated rings. The third-order valence-corrected chi connectivity index (χ3v) is 3.85. The molecule has 2 aromatic rings. The normalized spacial score (nSPS) is 12.3. The molecule has 142 valence electrons. The summed E-state index contributed by atoms with van der Waals surface area (Å²) in [5.74, 6) is -3.01. The van der Waals surface area contributed by atoms with E-state index in [1.165, 1.54) is 12.1 Å². The van der Waals surface area contributed by atoms with Crippen molar-refractivity contribution < 1.29 is 27.5 Å². The zero-order valence-corrected chi connectivity index (χ0v) is 14.3. The number of amidine groups is 1. The van der Waals surface area contributed by atoms with Gasteiger partial charge in [0.15, 0.2) is 0 Å². The number of halogens is 3. The van der Waals surface area contributed by atoms with E-state index in [-0.39, 0.29) is 17.8 Å². The fraction of sp³-hybridized carbons (Fsp3) is 0.211. The van der Waals surface area contributed by atoms with Crippen molar-refractivity contribution in [1.29, 1.82) is 5.41 Å². The van der Waals surface area contributed by atoms with Gasteiger partial charge in [-0.15, -0.1) is 0 Å². The predicted molar refractivity (Wildman–Crippen MR) is 92.1 cm³/mol. The highest BCUT2D eigenvalue weighted by molar-refractivity contribution is 5.95. The van der Waals surface area contributed by atoms with Crippen LogP contribution in [0.3, 0.4) is 0 Å². The topological polar surface area (TPSA) is 93.2 Å². The van der Waals surface area contributed by atoms with Crippen LogP contribution in [0.1, 0.15) is 35.1 Å². The molecule has 8 heteroatoms. The fourth-order valence-corrected chi connectivity index (χ4v) is 2.54. The molecule has 0 aliphatic carbocycles.